The average molecular weight is 471 g/mol. The first kappa shape index (κ1) is 23.1. The number of hydrogen-bond acceptors (Lipinski definition) is 6. The predicted octanol–water partition coefficient (Wildman–Crippen LogP) is 2.61. The van der Waals surface area contributed by atoms with Crippen LogP contribution in [-0.4, -0.2) is 40.5 Å². The number of aromatic nitrogens is 3. The number of pyridine rings is 1. The first-order chi connectivity index (χ1) is 14.2. The summed E-state index contributed by atoms with van der Waals surface area (Å²) in [5.74, 6) is -0.812. The van der Waals surface area contributed by atoms with Gasteiger partial charge in [0.25, 0.3) is 5.56 Å². The summed E-state index contributed by atoms with van der Waals surface area (Å²) in [5.41, 5.74) is 0.639. The Hall–Kier alpha value is -2.59. The van der Waals surface area contributed by atoms with Crippen LogP contribution < -0.4 is 10.9 Å². The second-order valence-corrected chi connectivity index (χ2v) is 9.79. The van der Waals surface area contributed by atoms with Gasteiger partial charge in [0.15, 0.2) is 0 Å². The van der Waals surface area contributed by atoms with E-state index in [9.17, 15) is 22.0 Å². The maximum absolute atomic E-state index is 14.0. The van der Waals surface area contributed by atoms with Crippen LogP contribution >= 0.6 is 12.4 Å². The summed E-state index contributed by atoms with van der Waals surface area (Å²) >= 11 is 0. The van der Waals surface area contributed by atoms with Gasteiger partial charge >= 0.3 is 0 Å². The van der Waals surface area contributed by atoms with Gasteiger partial charge < -0.3 is 5.32 Å². The van der Waals surface area contributed by atoms with E-state index in [1.165, 1.54) is 10.6 Å². The van der Waals surface area contributed by atoms with Crippen LogP contribution in [0.2, 0.25) is 0 Å². The quantitative estimate of drug-likeness (QED) is 0.630. The summed E-state index contributed by atoms with van der Waals surface area (Å²) in [6, 6.07) is 4.82. The number of rotatable bonds is 4. The lowest BCUT2D eigenvalue weighted by Gasteiger charge is -2.23. The fourth-order valence-electron chi connectivity index (χ4n) is 3.60. The lowest BCUT2D eigenvalue weighted by Crippen LogP contribution is -2.32. The molecule has 4 rings (SSSR count). The number of benzene rings is 1. The summed E-state index contributed by atoms with van der Waals surface area (Å²) in [7, 11) is -1.40. The highest BCUT2D eigenvalue weighted by Gasteiger charge is 2.24. The van der Waals surface area contributed by atoms with Crippen molar-refractivity contribution in [3.63, 3.8) is 0 Å². The van der Waals surface area contributed by atoms with E-state index in [1.54, 1.807) is 19.3 Å². The van der Waals surface area contributed by atoms with Gasteiger partial charge in [-0.05, 0) is 30.5 Å². The molecule has 0 bridgehead atoms. The van der Waals surface area contributed by atoms with Crippen molar-refractivity contribution in [1.29, 1.82) is 0 Å². The zero-order chi connectivity index (χ0) is 21.5. The Kier molecular flexibility index (Phi) is 6.61. The minimum Gasteiger partial charge on any atom is -0.351 e. The SMILES string of the molecule is Cl.Cn1c(=O)c(Cc2ccc(F)cc2F)cc2cnc(NC3CCS(=O)(=O)CC3)nc21. The molecule has 0 atom stereocenters. The lowest BCUT2D eigenvalue weighted by molar-refractivity contribution is 0.558. The Morgan fingerprint density at radius 1 is 1.16 bits per heavy atom. The molecule has 0 spiro atoms. The van der Waals surface area contributed by atoms with Crippen molar-refractivity contribution >= 4 is 39.2 Å². The van der Waals surface area contributed by atoms with Gasteiger partial charge in [0.05, 0.1) is 11.5 Å². The number of sulfone groups is 1. The van der Waals surface area contributed by atoms with Crippen LogP contribution in [0.1, 0.15) is 24.0 Å². The maximum atomic E-state index is 14.0. The van der Waals surface area contributed by atoms with Gasteiger partial charge in [0, 0.05) is 42.7 Å². The zero-order valence-electron chi connectivity index (χ0n) is 16.6. The predicted molar refractivity (Wildman–Crippen MR) is 116 cm³/mol. The van der Waals surface area contributed by atoms with Gasteiger partial charge in [0.1, 0.15) is 27.1 Å². The van der Waals surface area contributed by atoms with Gasteiger partial charge in [-0.3, -0.25) is 9.36 Å². The van der Waals surface area contributed by atoms with Gasteiger partial charge in [0.2, 0.25) is 5.95 Å². The number of nitrogens with zero attached hydrogens (tertiary/aromatic N) is 3. The molecule has 1 aromatic carbocycles. The summed E-state index contributed by atoms with van der Waals surface area (Å²) < 4.78 is 51.6. The van der Waals surface area contributed by atoms with Crippen molar-refractivity contribution in [3.05, 3.63) is 63.6 Å². The summed E-state index contributed by atoms with van der Waals surface area (Å²) in [4.78, 5) is 21.4. The van der Waals surface area contributed by atoms with E-state index in [2.05, 4.69) is 15.3 Å². The van der Waals surface area contributed by atoms with Gasteiger partial charge in [-0.2, -0.15) is 4.98 Å². The molecule has 0 unspecified atom stereocenters. The van der Waals surface area contributed by atoms with E-state index in [1.807, 2.05) is 0 Å². The van der Waals surface area contributed by atoms with Gasteiger partial charge in [-0.25, -0.2) is 22.2 Å². The van der Waals surface area contributed by atoms with Crippen molar-refractivity contribution < 1.29 is 17.2 Å². The third-order valence-corrected chi connectivity index (χ3v) is 7.02. The summed E-state index contributed by atoms with van der Waals surface area (Å²) in [6.07, 6.45) is 2.54. The highest BCUT2D eigenvalue weighted by molar-refractivity contribution is 7.91. The Balaban J connectivity index is 0.00000272. The molecule has 1 aliphatic rings. The van der Waals surface area contributed by atoms with Crippen molar-refractivity contribution in [2.75, 3.05) is 16.8 Å². The number of halogens is 3. The van der Waals surface area contributed by atoms with Crippen LogP contribution in [0.4, 0.5) is 14.7 Å². The highest BCUT2D eigenvalue weighted by Crippen LogP contribution is 2.19. The Labute approximate surface area is 183 Å². The van der Waals surface area contributed by atoms with Crippen molar-refractivity contribution in [1.82, 2.24) is 14.5 Å². The van der Waals surface area contributed by atoms with Crippen LogP contribution in [0.3, 0.4) is 0 Å². The van der Waals surface area contributed by atoms with Crippen LogP contribution in [0.5, 0.6) is 0 Å². The second kappa shape index (κ2) is 8.88. The number of anilines is 1. The molecule has 2 aromatic heterocycles. The van der Waals surface area contributed by atoms with Gasteiger partial charge in [-0.15, -0.1) is 12.4 Å². The number of nitrogens with one attached hydrogen (secondary N) is 1. The minimum atomic E-state index is -2.96. The van der Waals surface area contributed by atoms with E-state index in [0.717, 1.165) is 12.1 Å². The van der Waals surface area contributed by atoms with E-state index in [0.29, 0.717) is 35.4 Å². The average Bonchev–Trinajstić information content (AvgIpc) is 2.70. The molecule has 7 nitrogen and oxygen atoms in total. The molecule has 1 fully saturated rings. The van der Waals surface area contributed by atoms with Gasteiger partial charge in [-0.1, -0.05) is 6.07 Å². The fourth-order valence-corrected chi connectivity index (χ4v) is 5.09. The molecule has 166 valence electrons. The molecule has 0 saturated carbocycles. The first-order valence-corrected chi connectivity index (χ1v) is 11.3. The highest BCUT2D eigenvalue weighted by atomic mass is 35.5. The van der Waals surface area contributed by atoms with Crippen LogP contribution in [0, 0.1) is 11.6 Å². The third-order valence-electron chi connectivity index (χ3n) is 5.31. The number of aryl methyl sites for hydroxylation is 1. The molecule has 3 heterocycles. The Morgan fingerprint density at radius 3 is 2.55 bits per heavy atom. The maximum Gasteiger partial charge on any atom is 0.255 e. The molecule has 31 heavy (non-hydrogen) atoms. The molecule has 11 heteroatoms. The molecule has 3 aromatic rings. The largest absolute Gasteiger partial charge is 0.351 e. The topological polar surface area (TPSA) is 94.0 Å². The Morgan fingerprint density at radius 2 is 1.87 bits per heavy atom. The van der Waals surface area contributed by atoms with E-state index in [-0.39, 0.29) is 47.5 Å². The fraction of sp³-hybridized carbons (Fsp3) is 0.350. The van der Waals surface area contributed by atoms with E-state index in [4.69, 9.17) is 0 Å². The first-order valence-electron chi connectivity index (χ1n) is 9.48. The zero-order valence-corrected chi connectivity index (χ0v) is 18.3. The lowest BCUT2D eigenvalue weighted by atomic mass is 10.0. The molecule has 1 aliphatic heterocycles. The van der Waals surface area contributed by atoms with Crippen molar-refractivity contribution in [3.8, 4) is 0 Å². The van der Waals surface area contributed by atoms with Crippen LogP contribution in [0.25, 0.3) is 11.0 Å². The molecule has 1 saturated heterocycles. The molecular formula is C20H21ClF2N4O3S. The monoisotopic (exact) mass is 470 g/mol. The van der Waals surface area contributed by atoms with Crippen molar-refractivity contribution in [2.24, 2.45) is 7.05 Å². The normalized spacial score (nSPS) is 16.1. The van der Waals surface area contributed by atoms with Crippen molar-refractivity contribution in [2.45, 2.75) is 25.3 Å². The molecule has 0 radical (unpaired) electrons. The standard InChI is InChI=1S/C20H20F2N4O3S.ClH/c1-26-18-14(9-13(19(26)27)8-12-2-3-15(21)10-17(12)22)11-23-20(25-18)24-16-4-6-30(28,29)7-5-16;/h2-3,9-11,16H,4-8H2,1H3,(H,23,24,25);1H. The second-order valence-electron chi connectivity index (χ2n) is 7.49. The summed E-state index contributed by atoms with van der Waals surface area (Å²) in [6.45, 7) is 0. The van der Waals surface area contributed by atoms with Crippen LogP contribution in [0.15, 0.2) is 35.3 Å². The third kappa shape index (κ3) is 5.01. The number of fused-ring (bicyclic) bond motifs is 1. The molecule has 0 aliphatic carbocycles. The minimum absolute atomic E-state index is 0. The summed E-state index contributed by atoms with van der Waals surface area (Å²) in [5, 5.41) is 3.74. The smallest absolute Gasteiger partial charge is 0.255 e. The molecule has 1 N–H and O–H groups in total. The Bertz CT molecular complexity index is 1280. The van der Waals surface area contributed by atoms with E-state index < -0.39 is 21.5 Å². The van der Waals surface area contributed by atoms with E-state index >= 15 is 0 Å². The number of hydrogen-bond donors (Lipinski definition) is 1. The molecule has 0 amide bonds. The molecular weight excluding hydrogens is 450 g/mol. The van der Waals surface area contributed by atoms with Crippen LogP contribution in [-0.2, 0) is 23.3 Å².